The smallest absolute Gasteiger partial charge is 0.359 e. The number of rotatable bonds is 2. The Morgan fingerprint density at radius 3 is 2.53 bits per heavy atom. The van der Waals surface area contributed by atoms with E-state index in [9.17, 15) is 13.2 Å². The Balaban J connectivity index is 2.60. The highest BCUT2D eigenvalue weighted by molar-refractivity contribution is 5.69. The Labute approximate surface area is 95.0 Å². The normalized spacial score (nSPS) is 11.8. The third kappa shape index (κ3) is 2.16. The SMILES string of the molecule is NCc1oncc1-c1ccccc1C(F)(F)F. The van der Waals surface area contributed by atoms with Crippen LogP contribution in [-0.4, -0.2) is 5.16 Å². The molecule has 2 aromatic rings. The molecule has 1 heterocycles. The fourth-order valence-corrected chi connectivity index (χ4v) is 1.60. The number of hydrogen-bond donors (Lipinski definition) is 1. The number of alkyl halides is 3. The molecule has 1 aromatic carbocycles. The fourth-order valence-electron chi connectivity index (χ4n) is 1.60. The molecule has 2 N–H and O–H groups in total. The predicted octanol–water partition coefficient (Wildman–Crippen LogP) is 2.82. The minimum absolute atomic E-state index is 0.00151. The molecule has 17 heavy (non-hydrogen) atoms. The van der Waals surface area contributed by atoms with Gasteiger partial charge in [-0.15, -0.1) is 0 Å². The van der Waals surface area contributed by atoms with Crippen LogP contribution in [-0.2, 0) is 12.7 Å². The first kappa shape index (κ1) is 11.7. The molecule has 0 saturated heterocycles. The highest BCUT2D eigenvalue weighted by atomic mass is 19.4. The molecule has 0 spiro atoms. The van der Waals surface area contributed by atoms with Crippen LogP contribution in [0.1, 0.15) is 11.3 Å². The van der Waals surface area contributed by atoms with Gasteiger partial charge < -0.3 is 10.3 Å². The van der Waals surface area contributed by atoms with Crippen LogP contribution in [0.2, 0.25) is 0 Å². The van der Waals surface area contributed by atoms with Gasteiger partial charge in [-0.3, -0.25) is 0 Å². The van der Waals surface area contributed by atoms with Crippen LogP contribution >= 0.6 is 0 Å². The van der Waals surface area contributed by atoms with E-state index in [0.29, 0.717) is 0 Å². The van der Waals surface area contributed by atoms with E-state index in [2.05, 4.69) is 5.16 Å². The van der Waals surface area contributed by atoms with Gasteiger partial charge in [0.15, 0.2) is 5.76 Å². The number of halogens is 3. The highest BCUT2D eigenvalue weighted by Crippen LogP contribution is 2.37. The van der Waals surface area contributed by atoms with Gasteiger partial charge >= 0.3 is 6.18 Å². The zero-order valence-corrected chi connectivity index (χ0v) is 8.66. The van der Waals surface area contributed by atoms with Crippen molar-refractivity contribution in [2.75, 3.05) is 0 Å². The van der Waals surface area contributed by atoms with Crippen LogP contribution in [0.5, 0.6) is 0 Å². The van der Waals surface area contributed by atoms with Crippen molar-refractivity contribution in [1.82, 2.24) is 5.16 Å². The second-order valence-corrected chi connectivity index (χ2v) is 3.41. The van der Waals surface area contributed by atoms with E-state index in [-0.39, 0.29) is 23.4 Å². The average Bonchev–Trinajstić information content (AvgIpc) is 2.75. The van der Waals surface area contributed by atoms with Crippen molar-refractivity contribution < 1.29 is 17.7 Å². The summed E-state index contributed by atoms with van der Waals surface area (Å²) in [7, 11) is 0. The molecule has 0 aliphatic rings. The molecular weight excluding hydrogens is 233 g/mol. The van der Waals surface area contributed by atoms with Crippen LogP contribution in [0.25, 0.3) is 11.1 Å². The zero-order valence-electron chi connectivity index (χ0n) is 8.66. The summed E-state index contributed by atoms with van der Waals surface area (Å²) in [6.45, 7) is 0.00151. The summed E-state index contributed by atoms with van der Waals surface area (Å²) < 4.78 is 43.2. The van der Waals surface area contributed by atoms with Crippen molar-refractivity contribution in [1.29, 1.82) is 0 Å². The Morgan fingerprint density at radius 2 is 1.88 bits per heavy atom. The molecule has 0 saturated carbocycles. The molecule has 0 unspecified atom stereocenters. The Kier molecular flexibility index (Phi) is 2.89. The van der Waals surface area contributed by atoms with Gasteiger partial charge in [0.05, 0.1) is 18.3 Å². The molecule has 0 aliphatic carbocycles. The van der Waals surface area contributed by atoms with Crippen molar-refractivity contribution in [3.63, 3.8) is 0 Å². The number of nitrogens with zero attached hydrogens (tertiary/aromatic N) is 1. The minimum Gasteiger partial charge on any atom is -0.359 e. The van der Waals surface area contributed by atoms with E-state index in [1.54, 1.807) is 0 Å². The van der Waals surface area contributed by atoms with Crippen LogP contribution in [0.3, 0.4) is 0 Å². The third-order valence-corrected chi connectivity index (χ3v) is 2.35. The van der Waals surface area contributed by atoms with Gasteiger partial charge in [-0.05, 0) is 11.6 Å². The summed E-state index contributed by atoms with van der Waals surface area (Å²) in [6.07, 6.45) is -3.17. The van der Waals surface area contributed by atoms with Gasteiger partial charge in [0.25, 0.3) is 0 Å². The van der Waals surface area contributed by atoms with Crippen LogP contribution < -0.4 is 5.73 Å². The molecule has 1 aromatic heterocycles. The standard InChI is InChI=1S/C11H9F3N2O/c12-11(13,14)9-4-2-1-3-7(9)8-6-16-17-10(8)5-15/h1-4,6H,5,15H2. The molecule has 2 rings (SSSR count). The second-order valence-electron chi connectivity index (χ2n) is 3.41. The van der Waals surface area contributed by atoms with Crippen molar-refractivity contribution in [3.05, 3.63) is 41.8 Å². The molecule has 0 radical (unpaired) electrons. The van der Waals surface area contributed by atoms with E-state index in [4.69, 9.17) is 10.3 Å². The number of nitrogens with two attached hydrogens (primary N) is 1. The summed E-state index contributed by atoms with van der Waals surface area (Å²) in [4.78, 5) is 0. The third-order valence-electron chi connectivity index (χ3n) is 2.35. The summed E-state index contributed by atoms with van der Waals surface area (Å²) in [5.41, 5.74) is 4.96. The van der Waals surface area contributed by atoms with Crippen LogP contribution in [0.15, 0.2) is 35.0 Å². The molecule has 0 atom stereocenters. The minimum atomic E-state index is -4.42. The molecule has 0 aliphatic heterocycles. The van der Waals surface area contributed by atoms with Crippen molar-refractivity contribution in [2.24, 2.45) is 5.73 Å². The molecule has 0 bridgehead atoms. The lowest BCUT2D eigenvalue weighted by Gasteiger charge is -2.11. The van der Waals surface area contributed by atoms with E-state index in [0.717, 1.165) is 6.07 Å². The van der Waals surface area contributed by atoms with Gasteiger partial charge in [0.2, 0.25) is 0 Å². The van der Waals surface area contributed by atoms with Crippen molar-refractivity contribution in [3.8, 4) is 11.1 Å². The second kappa shape index (κ2) is 4.21. The van der Waals surface area contributed by atoms with Gasteiger partial charge in [-0.1, -0.05) is 23.4 Å². The van der Waals surface area contributed by atoms with E-state index < -0.39 is 11.7 Å². The largest absolute Gasteiger partial charge is 0.417 e. The monoisotopic (exact) mass is 242 g/mol. The van der Waals surface area contributed by atoms with Crippen molar-refractivity contribution in [2.45, 2.75) is 12.7 Å². The quantitative estimate of drug-likeness (QED) is 0.880. The predicted molar refractivity (Wildman–Crippen MR) is 54.8 cm³/mol. The molecule has 6 heteroatoms. The first-order valence-electron chi connectivity index (χ1n) is 4.84. The maximum atomic E-state index is 12.8. The van der Waals surface area contributed by atoms with E-state index in [1.165, 1.54) is 24.4 Å². The number of benzene rings is 1. The fraction of sp³-hybridized carbons (Fsp3) is 0.182. The van der Waals surface area contributed by atoms with E-state index >= 15 is 0 Å². The Morgan fingerprint density at radius 1 is 1.18 bits per heavy atom. The molecule has 90 valence electrons. The van der Waals surface area contributed by atoms with E-state index in [1.807, 2.05) is 0 Å². The maximum Gasteiger partial charge on any atom is 0.417 e. The lowest BCUT2D eigenvalue weighted by molar-refractivity contribution is -0.137. The van der Waals surface area contributed by atoms with Gasteiger partial charge in [-0.2, -0.15) is 13.2 Å². The van der Waals surface area contributed by atoms with Gasteiger partial charge in [-0.25, -0.2) is 0 Å². The maximum absolute atomic E-state index is 12.8. The molecule has 0 fully saturated rings. The zero-order chi connectivity index (χ0) is 12.5. The van der Waals surface area contributed by atoms with Crippen LogP contribution in [0, 0.1) is 0 Å². The summed E-state index contributed by atoms with van der Waals surface area (Å²) in [5, 5.41) is 3.47. The Hall–Kier alpha value is -1.82. The van der Waals surface area contributed by atoms with Crippen molar-refractivity contribution >= 4 is 0 Å². The van der Waals surface area contributed by atoms with Crippen LogP contribution in [0.4, 0.5) is 13.2 Å². The summed E-state index contributed by atoms with van der Waals surface area (Å²) in [5.74, 6) is 0.238. The number of hydrogen-bond acceptors (Lipinski definition) is 3. The topological polar surface area (TPSA) is 52.0 Å². The average molecular weight is 242 g/mol. The summed E-state index contributed by atoms with van der Waals surface area (Å²) in [6, 6.07) is 5.25. The Bertz CT molecular complexity index is 519. The molecule has 0 amide bonds. The highest BCUT2D eigenvalue weighted by Gasteiger charge is 2.34. The molecule has 3 nitrogen and oxygen atoms in total. The first-order valence-corrected chi connectivity index (χ1v) is 4.84. The van der Waals surface area contributed by atoms with Gasteiger partial charge in [0.1, 0.15) is 0 Å². The first-order chi connectivity index (χ1) is 8.04. The lowest BCUT2D eigenvalue weighted by atomic mass is 10.00. The summed E-state index contributed by atoms with van der Waals surface area (Å²) >= 11 is 0. The number of aromatic nitrogens is 1. The molecular formula is C11H9F3N2O. The lowest BCUT2D eigenvalue weighted by Crippen LogP contribution is -2.07. The van der Waals surface area contributed by atoms with Gasteiger partial charge in [0, 0.05) is 5.56 Å².